The Morgan fingerprint density at radius 2 is 1.03 bits per heavy atom. The number of hydrogen-bond donors (Lipinski definition) is 12. The second-order valence-electron chi connectivity index (χ2n) is 17.8. The van der Waals surface area contributed by atoms with Gasteiger partial charge >= 0.3 is 84.6 Å². The standard InChI is InChI=1S/2C19H27BN3O8.2Na/c2*1-19(21,18(27)22-4-5-24)9-23-7-10(8-23)30-14-3-2-11-12-6-13(12)20(28,29)31-16(11)15(14)17(25)26;;/h2*2-3,10,12-13,24,28-29H,4-9,21H2,1H3,(H,22,27)(H,25,26);;/q2*-1;2*+1/t2*12-,13-,19-;;/m11../s1. The summed E-state index contributed by atoms with van der Waals surface area (Å²) in [6.07, 6.45) is 0.452. The van der Waals surface area contributed by atoms with Gasteiger partial charge in [0, 0.05) is 52.4 Å². The quantitative estimate of drug-likeness (QED) is 0.0696. The molecule has 26 heteroatoms. The first kappa shape index (κ1) is 52.2. The molecule has 6 aliphatic rings. The Kier molecular flexibility index (Phi) is 16.2. The number of nitrogens with two attached hydrogens (primary N) is 2. The molecule has 22 nitrogen and oxygen atoms in total. The van der Waals surface area contributed by atoms with E-state index in [-0.39, 0.29) is 168 Å². The van der Waals surface area contributed by atoms with Gasteiger partial charge in [-0.2, -0.15) is 0 Å². The summed E-state index contributed by atoms with van der Waals surface area (Å²) in [5.41, 5.74) is 10.7. The second-order valence-corrected chi connectivity index (χ2v) is 17.8. The van der Waals surface area contributed by atoms with E-state index >= 15 is 0 Å². The number of aliphatic hydroxyl groups is 2. The Labute approximate surface area is 412 Å². The molecule has 0 bridgehead atoms. The molecule has 6 atom stereocenters. The van der Waals surface area contributed by atoms with Crippen LogP contribution >= 0.6 is 0 Å². The Morgan fingerprint density at radius 3 is 1.34 bits per heavy atom. The molecule has 0 spiro atoms. The molecule has 2 amide bonds. The van der Waals surface area contributed by atoms with Crippen molar-refractivity contribution in [3.05, 3.63) is 46.5 Å². The van der Waals surface area contributed by atoms with Crippen molar-refractivity contribution in [2.45, 2.75) is 73.4 Å². The van der Waals surface area contributed by atoms with Crippen LogP contribution in [0.15, 0.2) is 24.3 Å². The van der Waals surface area contributed by atoms with E-state index in [9.17, 15) is 49.5 Å². The fourth-order valence-corrected chi connectivity index (χ4v) is 8.85. The van der Waals surface area contributed by atoms with E-state index in [0.29, 0.717) is 50.1 Å². The van der Waals surface area contributed by atoms with Crippen LogP contribution in [0.25, 0.3) is 0 Å². The van der Waals surface area contributed by atoms with Gasteiger partial charge in [-0.15, -0.1) is 0 Å². The molecular formula is C38H54B2N6Na2O16. The molecule has 0 aromatic heterocycles. The minimum absolute atomic E-state index is 0. The van der Waals surface area contributed by atoms with E-state index in [0.717, 1.165) is 0 Å². The zero-order valence-corrected chi connectivity index (χ0v) is 40.3. The van der Waals surface area contributed by atoms with Gasteiger partial charge in [0.1, 0.15) is 45.9 Å². The number of nitrogens with one attached hydrogen (secondary N) is 2. The second kappa shape index (κ2) is 19.8. The zero-order valence-electron chi connectivity index (χ0n) is 36.3. The van der Waals surface area contributed by atoms with Crippen LogP contribution in [0.5, 0.6) is 23.0 Å². The van der Waals surface area contributed by atoms with E-state index < -0.39 is 48.2 Å². The molecule has 2 saturated carbocycles. The van der Waals surface area contributed by atoms with Crippen molar-refractivity contribution < 1.29 is 138 Å². The molecule has 2 aromatic rings. The average molecular weight is 918 g/mol. The maximum Gasteiger partial charge on any atom is 1.00 e. The molecular weight excluding hydrogens is 864 g/mol. The van der Waals surface area contributed by atoms with Gasteiger partial charge in [0.2, 0.25) is 11.8 Å². The van der Waals surface area contributed by atoms with Gasteiger partial charge in [0.25, 0.3) is 0 Å². The number of carboxylic acids is 2. The third kappa shape index (κ3) is 11.0. The Morgan fingerprint density at radius 1 is 0.688 bits per heavy atom. The minimum atomic E-state index is -3.10. The number of carbonyl (C=O) groups is 4. The van der Waals surface area contributed by atoms with Crippen LogP contribution in [0.2, 0.25) is 11.6 Å². The summed E-state index contributed by atoms with van der Waals surface area (Å²) in [4.78, 5) is 51.8. The molecule has 2 aliphatic carbocycles. The van der Waals surface area contributed by atoms with E-state index in [2.05, 4.69) is 10.6 Å². The van der Waals surface area contributed by atoms with Crippen LogP contribution in [0.1, 0.15) is 70.4 Å². The molecule has 4 heterocycles. The molecule has 14 N–H and O–H groups in total. The van der Waals surface area contributed by atoms with Crippen molar-refractivity contribution in [1.82, 2.24) is 20.4 Å². The molecule has 4 aliphatic heterocycles. The smallest absolute Gasteiger partial charge is 0.669 e. The summed E-state index contributed by atoms with van der Waals surface area (Å²) >= 11 is 0. The monoisotopic (exact) mass is 918 g/mol. The van der Waals surface area contributed by atoms with Crippen molar-refractivity contribution in [3.63, 3.8) is 0 Å². The normalized spacial score (nSPS) is 25.0. The van der Waals surface area contributed by atoms with Crippen molar-refractivity contribution in [3.8, 4) is 23.0 Å². The third-order valence-corrected chi connectivity index (χ3v) is 12.3. The SMILES string of the molecule is C[C@@](N)(CN1CC(Oc2ccc3c(c2C(=O)O)O[B-](O)(O)[C@@H]2C[C@H]32)C1)C(=O)NCCO.C[C@@](N)(CN1CC(Oc2ccc3c(c2C(=O)O)O[B-](O)(O)[C@@H]2C[C@H]32)C1)C(=O)NCCO.[Na+].[Na+]. The summed E-state index contributed by atoms with van der Waals surface area (Å²) in [7, 11) is 0. The van der Waals surface area contributed by atoms with E-state index in [1.165, 1.54) is 0 Å². The van der Waals surface area contributed by atoms with Gasteiger partial charge < -0.3 is 81.4 Å². The molecule has 8 rings (SSSR count). The number of benzene rings is 2. The van der Waals surface area contributed by atoms with Crippen LogP contribution in [0.4, 0.5) is 0 Å². The predicted octanol–water partition coefficient (Wildman–Crippen LogP) is -9.10. The molecule has 4 fully saturated rings. The summed E-state index contributed by atoms with van der Waals surface area (Å²) in [5, 5.41) is 82.6. The molecule has 2 saturated heterocycles. The Bertz CT molecular complexity index is 1960. The number of ether oxygens (including phenoxy) is 2. The number of amides is 2. The van der Waals surface area contributed by atoms with E-state index in [4.69, 9.17) is 40.5 Å². The maximum absolute atomic E-state index is 12.1. The van der Waals surface area contributed by atoms with Crippen molar-refractivity contribution in [2.24, 2.45) is 11.5 Å². The first-order valence-electron chi connectivity index (χ1n) is 20.6. The summed E-state index contributed by atoms with van der Waals surface area (Å²) < 4.78 is 22.3. The number of hydrogen-bond acceptors (Lipinski definition) is 18. The third-order valence-electron chi connectivity index (χ3n) is 12.3. The molecule has 0 unspecified atom stereocenters. The summed E-state index contributed by atoms with van der Waals surface area (Å²) in [6.45, 7) is -0.791. The Balaban J connectivity index is 0.000000234. The first-order valence-corrected chi connectivity index (χ1v) is 20.6. The van der Waals surface area contributed by atoms with Gasteiger partial charge in [0.05, 0.1) is 24.7 Å². The number of nitrogens with zero attached hydrogens (tertiary/aromatic N) is 2. The molecule has 0 radical (unpaired) electrons. The van der Waals surface area contributed by atoms with E-state index in [1.807, 2.05) is 9.80 Å². The van der Waals surface area contributed by atoms with Crippen LogP contribution in [0, 0.1) is 0 Å². The van der Waals surface area contributed by atoms with Gasteiger partial charge in [0.15, 0.2) is 0 Å². The predicted molar refractivity (Wildman–Crippen MR) is 218 cm³/mol. The van der Waals surface area contributed by atoms with Crippen molar-refractivity contribution >= 4 is 37.3 Å². The number of aromatic carboxylic acids is 2. The number of carbonyl (C=O) groups excluding carboxylic acids is 2. The molecule has 340 valence electrons. The Hall–Kier alpha value is -2.75. The molecule has 64 heavy (non-hydrogen) atoms. The minimum Gasteiger partial charge on any atom is -0.669 e. The summed E-state index contributed by atoms with van der Waals surface area (Å²) in [5.74, 6) is -4.23. The largest absolute Gasteiger partial charge is 1.00 e. The van der Waals surface area contributed by atoms with Crippen molar-refractivity contribution in [2.75, 3.05) is 65.6 Å². The van der Waals surface area contributed by atoms with Crippen LogP contribution in [-0.2, 0) is 9.59 Å². The topological polar surface area (TPSA) is 350 Å². The van der Waals surface area contributed by atoms with Crippen LogP contribution in [0.3, 0.4) is 0 Å². The van der Waals surface area contributed by atoms with Gasteiger partial charge in [-0.05, 0) is 48.9 Å². The molecule has 2 aromatic carbocycles. The average Bonchev–Trinajstić information content (AvgIpc) is 4.08. The fraction of sp³-hybridized carbons (Fsp3) is 0.579. The zero-order chi connectivity index (χ0) is 45.1. The van der Waals surface area contributed by atoms with Crippen molar-refractivity contribution in [1.29, 1.82) is 0 Å². The first-order chi connectivity index (χ1) is 29.1. The van der Waals surface area contributed by atoms with E-state index in [1.54, 1.807) is 38.1 Å². The van der Waals surface area contributed by atoms with Gasteiger partial charge in [-0.1, -0.05) is 36.6 Å². The number of fused-ring (bicyclic) bond motifs is 6. The van der Waals surface area contributed by atoms with Crippen LogP contribution < -0.4 is 100.0 Å². The van der Waals surface area contributed by atoms with Crippen LogP contribution in [-0.4, -0.2) is 176 Å². The number of aliphatic hydroxyl groups excluding tert-OH is 2. The summed E-state index contributed by atoms with van der Waals surface area (Å²) in [6, 6.07) is 6.58. The van der Waals surface area contributed by atoms with Gasteiger partial charge in [-0.25, -0.2) is 9.59 Å². The fourth-order valence-electron chi connectivity index (χ4n) is 8.85. The number of rotatable bonds is 16. The maximum atomic E-state index is 12.1. The number of likely N-dealkylation sites (tertiary alicyclic amines) is 2. The van der Waals surface area contributed by atoms with Gasteiger partial charge in [-0.3, -0.25) is 19.4 Å². The number of carboxylic acid groups (broad SMARTS) is 2.